The number of benzene rings is 3. The van der Waals surface area contributed by atoms with Gasteiger partial charge in [0.2, 0.25) is 0 Å². The van der Waals surface area contributed by atoms with Crippen LogP contribution in [-0.2, 0) is 9.53 Å². The van der Waals surface area contributed by atoms with Crippen LogP contribution in [0.25, 0.3) is 42.9 Å². The monoisotopic (exact) mass is 610 g/mol. The third kappa shape index (κ3) is 5.91. The number of aromatic nitrogens is 3. The van der Waals surface area contributed by atoms with Crippen LogP contribution in [0.4, 0.5) is 0 Å². The number of aryl methyl sites for hydroxylation is 2. The number of imidazole rings is 1. The number of carbonyl (C=O) groups excluding carboxylic acids is 1. The van der Waals surface area contributed by atoms with Gasteiger partial charge in [-0.3, -0.25) is 0 Å². The fraction of sp³-hybridized carbons (Fsp3) is 0.344. The molecule has 212 valence electrons. The Morgan fingerprint density at radius 2 is 1.81 bits per heavy atom. The fourth-order valence-electron chi connectivity index (χ4n) is 5.82. The van der Waals surface area contributed by atoms with Crippen LogP contribution in [0.3, 0.4) is 0 Å². The van der Waals surface area contributed by atoms with E-state index < -0.39 is 17.7 Å². The first-order valence-corrected chi connectivity index (χ1v) is 15.0. The number of nitrogens with zero attached hydrogens (tertiary/aromatic N) is 3. The molecule has 1 aliphatic heterocycles. The number of aliphatic carboxylic acids is 1. The molecule has 2 atom stereocenters. The number of halogens is 1. The summed E-state index contributed by atoms with van der Waals surface area (Å²) >= 11 is 7.78. The molecule has 1 N–H and O–H groups in total. The number of fused-ring (bicyclic) bond motifs is 2. The summed E-state index contributed by atoms with van der Waals surface area (Å²) in [5.41, 5.74) is 6.12. The van der Waals surface area contributed by atoms with Crippen molar-refractivity contribution in [2.75, 3.05) is 13.1 Å². The number of ether oxygens (including phenoxy) is 1. The standard InChI is InChI=1S/C32H33ClN4O3S.Na/c1-17-14-24-29(27(19-6-9-21(33)10-7-19)26(17)28(31(38)39)40-32(3,4)5)41-30(36-24)20-8-11-23-25(15-20)37(18(2)35-23)22-12-13-34-16-22;/h6-11,14-15,22,28,34H,12-13,16H2,1-5H3,(H,38,39);/q;+1/p-1/t22-,28+;/m1./s1. The van der Waals surface area contributed by atoms with Crippen molar-refractivity contribution in [3.63, 3.8) is 0 Å². The topological polar surface area (TPSA) is 92.1 Å². The second kappa shape index (κ2) is 12.0. The quantitative estimate of drug-likeness (QED) is 0.297. The molecule has 0 spiro atoms. The van der Waals surface area contributed by atoms with Gasteiger partial charge in [0.1, 0.15) is 16.9 Å². The van der Waals surface area contributed by atoms with E-state index >= 15 is 0 Å². The van der Waals surface area contributed by atoms with Gasteiger partial charge in [0.15, 0.2) is 0 Å². The maximum absolute atomic E-state index is 12.5. The number of carboxylic acid groups (broad SMARTS) is 1. The number of hydrogen-bond acceptors (Lipinski definition) is 7. The summed E-state index contributed by atoms with van der Waals surface area (Å²) in [5, 5.41) is 17.4. The smallest absolute Gasteiger partial charge is 0.547 e. The van der Waals surface area contributed by atoms with Gasteiger partial charge in [-0.1, -0.05) is 23.7 Å². The van der Waals surface area contributed by atoms with Gasteiger partial charge < -0.3 is 24.5 Å². The molecule has 10 heteroatoms. The van der Waals surface area contributed by atoms with Gasteiger partial charge in [-0.15, -0.1) is 11.3 Å². The normalized spacial score (nSPS) is 16.2. The van der Waals surface area contributed by atoms with E-state index in [1.807, 2.05) is 58.0 Å². The van der Waals surface area contributed by atoms with E-state index in [4.69, 9.17) is 26.3 Å². The predicted molar refractivity (Wildman–Crippen MR) is 163 cm³/mol. The molecule has 0 radical (unpaired) electrons. The Kier molecular flexibility index (Phi) is 8.90. The molecule has 0 bridgehead atoms. The van der Waals surface area contributed by atoms with Crippen LogP contribution in [0, 0.1) is 13.8 Å². The van der Waals surface area contributed by atoms with Gasteiger partial charge in [-0.05, 0) is 101 Å². The fourth-order valence-corrected chi connectivity index (χ4v) is 7.07. The molecule has 0 aliphatic carbocycles. The van der Waals surface area contributed by atoms with Gasteiger partial charge in [-0.25, -0.2) is 9.97 Å². The molecule has 0 amide bonds. The Labute approximate surface area is 276 Å². The molecule has 6 rings (SSSR count). The average Bonchev–Trinajstić information content (AvgIpc) is 3.64. The van der Waals surface area contributed by atoms with Gasteiger partial charge >= 0.3 is 29.6 Å². The molecule has 0 saturated carbocycles. The summed E-state index contributed by atoms with van der Waals surface area (Å²) in [4.78, 5) is 22.4. The number of carboxylic acids is 1. The summed E-state index contributed by atoms with van der Waals surface area (Å²) in [5.74, 6) is -0.273. The van der Waals surface area contributed by atoms with Crippen LogP contribution in [-0.4, -0.2) is 39.2 Å². The molecule has 2 aromatic heterocycles. The minimum Gasteiger partial charge on any atom is -0.547 e. The van der Waals surface area contributed by atoms with Crippen molar-refractivity contribution >= 4 is 50.2 Å². The minimum absolute atomic E-state index is 0. The summed E-state index contributed by atoms with van der Waals surface area (Å²) in [7, 11) is 0. The minimum atomic E-state index is -1.28. The number of carbonyl (C=O) groups is 1. The van der Waals surface area contributed by atoms with Crippen LogP contribution >= 0.6 is 22.9 Å². The summed E-state index contributed by atoms with van der Waals surface area (Å²) < 4.78 is 9.31. The zero-order valence-corrected chi connectivity index (χ0v) is 28.3. The SMILES string of the molecule is Cc1cc2nc(-c3ccc4nc(C)n([C@@H]5CCNC5)c4c3)sc2c(-c2ccc(Cl)cc2)c1[C@H](OC(C)(C)C)C(=O)[O-].[Na+]. The van der Waals surface area contributed by atoms with Crippen LogP contribution < -0.4 is 40.0 Å². The molecule has 3 aromatic carbocycles. The number of thiazole rings is 1. The first-order valence-electron chi connectivity index (χ1n) is 13.8. The third-order valence-corrected chi connectivity index (χ3v) is 8.91. The van der Waals surface area contributed by atoms with Crippen molar-refractivity contribution in [3.05, 3.63) is 70.5 Å². The van der Waals surface area contributed by atoms with E-state index in [-0.39, 0.29) is 29.6 Å². The van der Waals surface area contributed by atoms with Crippen LogP contribution in [0.15, 0.2) is 48.5 Å². The van der Waals surface area contributed by atoms with Gasteiger partial charge in [0.25, 0.3) is 0 Å². The van der Waals surface area contributed by atoms with E-state index in [2.05, 4.69) is 35.0 Å². The van der Waals surface area contributed by atoms with Gasteiger partial charge in [-0.2, -0.15) is 0 Å². The molecular formula is C32H32ClN4NaO3S. The molecule has 7 nitrogen and oxygen atoms in total. The summed E-state index contributed by atoms with van der Waals surface area (Å²) in [6.45, 7) is 11.4. The molecule has 1 saturated heterocycles. The van der Waals surface area contributed by atoms with Gasteiger partial charge in [0, 0.05) is 28.7 Å². The Hall–Kier alpha value is -2.30. The van der Waals surface area contributed by atoms with E-state index in [1.165, 1.54) is 0 Å². The van der Waals surface area contributed by atoms with Crippen molar-refractivity contribution in [2.45, 2.75) is 58.8 Å². The Morgan fingerprint density at radius 1 is 1.10 bits per heavy atom. The first kappa shape index (κ1) is 31.1. The second-order valence-corrected chi connectivity index (χ2v) is 13.1. The van der Waals surface area contributed by atoms with Crippen LogP contribution in [0.5, 0.6) is 0 Å². The molecule has 1 fully saturated rings. The van der Waals surface area contributed by atoms with E-state index in [0.29, 0.717) is 16.6 Å². The Morgan fingerprint density at radius 3 is 2.45 bits per heavy atom. The molecule has 42 heavy (non-hydrogen) atoms. The Bertz CT molecular complexity index is 1790. The number of hydrogen-bond donors (Lipinski definition) is 1. The largest absolute Gasteiger partial charge is 1.00 e. The summed E-state index contributed by atoms with van der Waals surface area (Å²) in [6.07, 6.45) is -0.190. The zero-order chi connectivity index (χ0) is 29.1. The maximum Gasteiger partial charge on any atom is 1.00 e. The van der Waals surface area contributed by atoms with Crippen LogP contribution in [0.2, 0.25) is 5.02 Å². The molecule has 0 unspecified atom stereocenters. The first-order chi connectivity index (χ1) is 19.5. The molecular weight excluding hydrogens is 579 g/mol. The zero-order valence-electron chi connectivity index (χ0n) is 24.7. The Balaban J connectivity index is 0.00000353. The van der Waals surface area contributed by atoms with E-state index in [1.54, 1.807) is 11.3 Å². The maximum atomic E-state index is 12.5. The number of nitrogens with one attached hydrogen (secondary N) is 1. The van der Waals surface area contributed by atoms with Crippen LogP contribution in [0.1, 0.15) is 56.3 Å². The molecule has 1 aliphatic rings. The molecule has 3 heterocycles. The van der Waals surface area contributed by atoms with Crippen molar-refractivity contribution in [1.82, 2.24) is 19.9 Å². The van der Waals surface area contributed by atoms with Crippen molar-refractivity contribution in [2.24, 2.45) is 0 Å². The van der Waals surface area contributed by atoms with Crippen molar-refractivity contribution in [3.8, 4) is 21.7 Å². The van der Waals surface area contributed by atoms with Crippen molar-refractivity contribution < 1.29 is 44.2 Å². The number of rotatable bonds is 6. The van der Waals surface area contributed by atoms with Crippen molar-refractivity contribution in [1.29, 1.82) is 0 Å². The van der Waals surface area contributed by atoms with E-state index in [0.717, 1.165) is 73.8 Å². The molecule has 5 aromatic rings. The second-order valence-electron chi connectivity index (χ2n) is 11.7. The van der Waals surface area contributed by atoms with E-state index in [9.17, 15) is 9.90 Å². The summed E-state index contributed by atoms with van der Waals surface area (Å²) in [6, 6.07) is 16.1. The third-order valence-electron chi connectivity index (χ3n) is 7.52. The predicted octanol–water partition coefficient (Wildman–Crippen LogP) is 3.39. The van der Waals surface area contributed by atoms with Gasteiger partial charge in [0.05, 0.1) is 32.8 Å². The average molecular weight is 611 g/mol.